The van der Waals surface area contributed by atoms with E-state index in [1.165, 1.54) is 12.8 Å². The molecule has 1 amide bonds. The number of nitrogens with one attached hydrogen (secondary N) is 1. The molecule has 0 saturated carbocycles. The lowest BCUT2D eigenvalue weighted by molar-refractivity contribution is 0.102. The summed E-state index contributed by atoms with van der Waals surface area (Å²) >= 11 is 0. The molecule has 0 fully saturated rings. The molecule has 0 unspecified atom stereocenters. The molecule has 4 rings (SSSR count). The average molecular weight is 360 g/mol. The van der Waals surface area contributed by atoms with Crippen LogP contribution in [-0.4, -0.2) is 20.7 Å². The molecule has 1 aliphatic heterocycles. The fraction of sp³-hybridized carbons (Fsp3) is 0.318. The van der Waals surface area contributed by atoms with E-state index in [0.717, 1.165) is 53.4 Å². The van der Waals surface area contributed by atoms with Crippen LogP contribution in [-0.2, 0) is 13.0 Å². The molecule has 1 N–H and O–H groups in total. The molecule has 1 aromatic heterocycles. The topological polar surface area (TPSA) is 59.8 Å². The molecule has 3 aromatic rings. The number of hydrogen-bond acceptors (Lipinski definition) is 3. The summed E-state index contributed by atoms with van der Waals surface area (Å²) in [5, 5.41) is 11.9. The molecule has 0 spiro atoms. The summed E-state index contributed by atoms with van der Waals surface area (Å²) < 4.78 is 2.23. The Morgan fingerprint density at radius 2 is 1.93 bits per heavy atom. The number of rotatable bonds is 3. The molecule has 0 radical (unpaired) electrons. The summed E-state index contributed by atoms with van der Waals surface area (Å²) in [5.74, 6) is 1.85. The number of aryl methyl sites for hydroxylation is 3. The minimum Gasteiger partial charge on any atom is -0.322 e. The van der Waals surface area contributed by atoms with Crippen molar-refractivity contribution in [2.24, 2.45) is 0 Å². The van der Waals surface area contributed by atoms with Crippen LogP contribution in [0.3, 0.4) is 0 Å². The Balaban J connectivity index is 1.64. The summed E-state index contributed by atoms with van der Waals surface area (Å²) in [6.45, 7) is 4.94. The zero-order valence-electron chi connectivity index (χ0n) is 15.8. The maximum Gasteiger partial charge on any atom is 0.255 e. The number of carbonyl (C=O) groups is 1. The van der Waals surface area contributed by atoms with Crippen LogP contribution >= 0.6 is 0 Å². The highest BCUT2D eigenvalue weighted by Gasteiger charge is 2.17. The summed E-state index contributed by atoms with van der Waals surface area (Å²) in [4.78, 5) is 12.7. The third kappa shape index (κ3) is 3.63. The van der Waals surface area contributed by atoms with Crippen molar-refractivity contribution in [1.82, 2.24) is 14.8 Å². The minimum atomic E-state index is -0.0981. The van der Waals surface area contributed by atoms with Gasteiger partial charge in [-0.05, 0) is 50.5 Å². The average Bonchev–Trinajstić information content (AvgIpc) is 2.91. The summed E-state index contributed by atoms with van der Waals surface area (Å²) in [6.07, 6.45) is 4.54. The maximum absolute atomic E-state index is 12.7. The van der Waals surface area contributed by atoms with Crippen LogP contribution in [0.2, 0.25) is 0 Å². The van der Waals surface area contributed by atoms with Gasteiger partial charge in [-0.1, -0.05) is 36.2 Å². The van der Waals surface area contributed by atoms with Crippen LogP contribution in [0.1, 0.15) is 46.6 Å². The van der Waals surface area contributed by atoms with Crippen LogP contribution in [0.4, 0.5) is 5.69 Å². The van der Waals surface area contributed by atoms with Crippen molar-refractivity contribution in [1.29, 1.82) is 0 Å². The third-order valence-electron chi connectivity index (χ3n) is 5.13. The fourth-order valence-corrected chi connectivity index (χ4v) is 3.58. The maximum atomic E-state index is 12.7. The Morgan fingerprint density at radius 1 is 1.04 bits per heavy atom. The molecule has 138 valence electrons. The second-order valence-corrected chi connectivity index (χ2v) is 7.26. The smallest absolute Gasteiger partial charge is 0.255 e. The number of carbonyl (C=O) groups excluding carboxylic acids is 1. The quantitative estimate of drug-likeness (QED) is 0.746. The zero-order chi connectivity index (χ0) is 18.8. The van der Waals surface area contributed by atoms with Gasteiger partial charge in [0.15, 0.2) is 5.82 Å². The monoisotopic (exact) mass is 360 g/mol. The van der Waals surface area contributed by atoms with Crippen molar-refractivity contribution >= 4 is 11.6 Å². The number of aromatic nitrogens is 3. The van der Waals surface area contributed by atoms with Gasteiger partial charge in [0.25, 0.3) is 5.91 Å². The van der Waals surface area contributed by atoms with Crippen molar-refractivity contribution in [3.8, 4) is 11.4 Å². The van der Waals surface area contributed by atoms with Gasteiger partial charge in [0.2, 0.25) is 0 Å². The molecule has 5 heteroatoms. The van der Waals surface area contributed by atoms with Crippen LogP contribution in [0.5, 0.6) is 0 Å². The highest BCUT2D eigenvalue weighted by Crippen LogP contribution is 2.27. The highest BCUT2D eigenvalue weighted by atomic mass is 16.1. The van der Waals surface area contributed by atoms with Gasteiger partial charge in [-0.3, -0.25) is 4.79 Å². The van der Waals surface area contributed by atoms with Gasteiger partial charge in [0.05, 0.1) is 0 Å². The van der Waals surface area contributed by atoms with E-state index in [1.807, 2.05) is 50.2 Å². The van der Waals surface area contributed by atoms with Gasteiger partial charge < -0.3 is 9.88 Å². The van der Waals surface area contributed by atoms with Gasteiger partial charge >= 0.3 is 0 Å². The van der Waals surface area contributed by atoms with Crippen molar-refractivity contribution in [2.45, 2.75) is 46.1 Å². The molecule has 1 aliphatic rings. The minimum absolute atomic E-state index is 0.0981. The predicted octanol–water partition coefficient (Wildman–Crippen LogP) is 4.54. The van der Waals surface area contributed by atoms with Crippen molar-refractivity contribution in [2.75, 3.05) is 5.32 Å². The molecule has 5 nitrogen and oxygen atoms in total. The third-order valence-corrected chi connectivity index (χ3v) is 5.13. The van der Waals surface area contributed by atoms with E-state index >= 15 is 0 Å². The van der Waals surface area contributed by atoms with Gasteiger partial charge in [0.1, 0.15) is 5.82 Å². The van der Waals surface area contributed by atoms with Gasteiger partial charge in [-0.2, -0.15) is 0 Å². The Bertz CT molecular complexity index is 990. The first kappa shape index (κ1) is 17.5. The summed E-state index contributed by atoms with van der Waals surface area (Å²) in [6, 6.07) is 13.7. The van der Waals surface area contributed by atoms with E-state index in [-0.39, 0.29) is 5.91 Å². The molecule has 0 atom stereocenters. The van der Waals surface area contributed by atoms with Crippen LogP contribution < -0.4 is 5.32 Å². The van der Waals surface area contributed by atoms with Crippen molar-refractivity contribution in [3.63, 3.8) is 0 Å². The SMILES string of the molecule is Cc1cccc(C(=O)Nc2cc(-c3nnc4n3CCCCC4)ccc2C)c1. The van der Waals surface area contributed by atoms with E-state index in [4.69, 9.17) is 0 Å². The molecular weight excluding hydrogens is 336 g/mol. The number of anilines is 1. The molecule has 27 heavy (non-hydrogen) atoms. The lowest BCUT2D eigenvalue weighted by atomic mass is 10.1. The molecule has 0 bridgehead atoms. The number of amides is 1. The predicted molar refractivity (Wildman–Crippen MR) is 107 cm³/mol. The highest BCUT2D eigenvalue weighted by molar-refractivity contribution is 6.05. The Kier molecular flexibility index (Phi) is 4.75. The number of fused-ring (bicyclic) bond motifs is 1. The number of benzene rings is 2. The number of hydrogen-bond donors (Lipinski definition) is 1. The van der Waals surface area contributed by atoms with E-state index in [9.17, 15) is 4.79 Å². The molecule has 2 aromatic carbocycles. The summed E-state index contributed by atoms with van der Waals surface area (Å²) in [5.41, 5.74) is 4.55. The van der Waals surface area contributed by atoms with Crippen molar-refractivity contribution in [3.05, 3.63) is 65.0 Å². The first-order valence-electron chi connectivity index (χ1n) is 9.53. The molecule has 0 saturated heterocycles. The molecule has 2 heterocycles. The van der Waals surface area contributed by atoms with E-state index < -0.39 is 0 Å². The molecule has 0 aliphatic carbocycles. The van der Waals surface area contributed by atoms with Crippen LogP contribution in [0.25, 0.3) is 11.4 Å². The standard InChI is InChI=1S/C22H24N4O/c1-15-7-6-8-18(13-15)22(27)23-19-14-17(11-10-16(19)2)21-25-24-20-9-4-3-5-12-26(20)21/h6-8,10-11,13-14H,3-5,9,12H2,1-2H3,(H,23,27). The normalized spacial score (nSPS) is 13.7. The van der Waals surface area contributed by atoms with Gasteiger partial charge in [0, 0.05) is 29.8 Å². The van der Waals surface area contributed by atoms with E-state index in [0.29, 0.717) is 5.56 Å². The summed E-state index contributed by atoms with van der Waals surface area (Å²) in [7, 11) is 0. The second-order valence-electron chi connectivity index (χ2n) is 7.26. The first-order chi connectivity index (χ1) is 13.1. The Morgan fingerprint density at radius 3 is 2.78 bits per heavy atom. The Labute approximate surface area is 159 Å². The van der Waals surface area contributed by atoms with Crippen LogP contribution in [0.15, 0.2) is 42.5 Å². The van der Waals surface area contributed by atoms with Crippen LogP contribution in [0, 0.1) is 13.8 Å². The lowest BCUT2D eigenvalue weighted by Gasteiger charge is -2.12. The van der Waals surface area contributed by atoms with E-state index in [2.05, 4.69) is 26.1 Å². The Hall–Kier alpha value is -2.95. The lowest BCUT2D eigenvalue weighted by Crippen LogP contribution is -2.13. The zero-order valence-corrected chi connectivity index (χ0v) is 15.8. The second kappa shape index (κ2) is 7.35. The van der Waals surface area contributed by atoms with Gasteiger partial charge in [-0.25, -0.2) is 0 Å². The first-order valence-corrected chi connectivity index (χ1v) is 9.53. The van der Waals surface area contributed by atoms with Crippen molar-refractivity contribution < 1.29 is 4.79 Å². The fourth-order valence-electron chi connectivity index (χ4n) is 3.58. The van der Waals surface area contributed by atoms with E-state index in [1.54, 1.807) is 0 Å². The number of nitrogens with zero attached hydrogens (tertiary/aromatic N) is 3. The largest absolute Gasteiger partial charge is 0.322 e. The molecular formula is C22H24N4O. The van der Waals surface area contributed by atoms with Gasteiger partial charge in [-0.15, -0.1) is 10.2 Å².